The number of ether oxygens (including phenoxy) is 4. The van der Waals surface area contributed by atoms with Gasteiger partial charge in [0.15, 0.2) is 0 Å². The van der Waals surface area contributed by atoms with Gasteiger partial charge in [0.1, 0.15) is 23.0 Å². The van der Waals surface area contributed by atoms with E-state index in [4.69, 9.17) is 24.1 Å². The number of benzene rings is 4. The van der Waals surface area contributed by atoms with E-state index < -0.39 is 23.9 Å². The highest BCUT2D eigenvalue weighted by molar-refractivity contribution is 5.94. The summed E-state index contributed by atoms with van der Waals surface area (Å²) in [5, 5.41) is 9.03. The zero-order valence-corrected chi connectivity index (χ0v) is 30.6. The number of carboxylic acid groups (broad SMARTS) is 1. The third-order valence-corrected chi connectivity index (χ3v) is 8.75. The first kappa shape index (κ1) is 40.3. The molecule has 0 radical (unpaired) electrons. The molecule has 0 bridgehead atoms. The minimum atomic E-state index is -1.10. The van der Waals surface area contributed by atoms with Crippen LogP contribution in [-0.4, -0.2) is 35.6 Å². The Bertz CT molecular complexity index is 1730. The van der Waals surface area contributed by atoms with E-state index in [-0.39, 0.29) is 33.9 Å². The molecule has 0 aliphatic carbocycles. The second-order valence-corrected chi connectivity index (χ2v) is 13.0. The molecule has 4 rings (SSSR count). The van der Waals surface area contributed by atoms with Gasteiger partial charge in [-0.1, -0.05) is 96.5 Å². The van der Waals surface area contributed by atoms with Gasteiger partial charge in [0.25, 0.3) is 0 Å². The van der Waals surface area contributed by atoms with Crippen LogP contribution in [0.25, 0.3) is 0 Å². The maximum atomic E-state index is 12.8. The Kier molecular flexibility index (Phi) is 17.1. The van der Waals surface area contributed by atoms with Crippen molar-refractivity contribution in [3.8, 4) is 23.0 Å². The van der Waals surface area contributed by atoms with E-state index in [9.17, 15) is 19.2 Å². The highest BCUT2D eigenvalue weighted by Gasteiger charge is 2.14. The van der Waals surface area contributed by atoms with Crippen LogP contribution in [0.2, 0.25) is 0 Å². The Morgan fingerprint density at radius 2 is 0.792 bits per heavy atom. The molecular formula is C44H50O9. The van der Waals surface area contributed by atoms with Crippen LogP contribution in [0, 0.1) is 0 Å². The minimum absolute atomic E-state index is 0.0440. The number of unbranched alkanes of at least 4 members (excludes halogenated alkanes) is 13. The number of hydrogen-bond acceptors (Lipinski definition) is 8. The van der Waals surface area contributed by atoms with E-state index in [0.717, 1.165) is 12.8 Å². The van der Waals surface area contributed by atoms with E-state index in [1.165, 1.54) is 144 Å². The lowest BCUT2D eigenvalue weighted by atomic mass is 10.0. The molecule has 0 fully saturated rings. The Labute approximate surface area is 312 Å². The summed E-state index contributed by atoms with van der Waals surface area (Å²) in [5.41, 5.74) is 0.790. The minimum Gasteiger partial charge on any atom is -0.494 e. The van der Waals surface area contributed by atoms with E-state index in [0.29, 0.717) is 17.9 Å². The topological polar surface area (TPSA) is 125 Å². The molecule has 0 amide bonds. The van der Waals surface area contributed by atoms with Crippen molar-refractivity contribution in [1.82, 2.24) is 0 Å². The summed E-state index contributed by atoms with van der Waals surface area (Å²) >= 11 is 0. The van der Waals surface area contributed by atoms with Crippen LogP contribution in [0.15, 0.2) is 97.1 Å². The van der Waals surface area contributed by atoms with Crippen molar-refractivity contribution in [2.24, 2.45) is 0 Å². The Morgan fingerprint density at radius 1 is 0.434 bits per heavy atom. The summed E-state index contributed by atoms with van der Waals surface area (Å²) in [6, 6.07) is 24.1. The Morgan fingerprint density at radius 3 is 1.23 bits per heavy atom. The SMILES string of the molecule is CCCCCCCCCCCCCCCCOc1ccc(C(=O)Oc2ccc(C(=O)Oc3cccc(OC(=O)c4ccc(C(=O)O)cc4)c3)cc2)cc1. The van der Waals surface area contributed by atoms with Gasteiger partial charge in [-0.05, 0) is 91.3 Å². The fraction of sp³-hybridized carbons (Fsp3) is 0.364. The maximum Gasteiger partial charge on any atom is 0.343 e. The van der Waals surface area contributed by atoms with Crippen molar-refractivity contribution < 1.29 is 43.2 Å². The maximum absolute atomic E-state index is 12.8. The Balaban J connectivity index is 1.11. The molecule has 9 nitrogen and oxygen atoms in total. The van der Waals surface area contributed by atoms with Crippen molar-refractivity contribution in [2.75, 3.05) is 6.61 Å². The first-order valence-electron chi connectivity index (χ1n) is 18.8. The molecule has 53 heavy (non-hydrogen) atoms. The average molecular weight is 723 g/mol. The summed E-state index contributed by atoms with van der Waals surface area (Å²) in [4.78, 5) is 49.0. The summed E-state index contributed by atoms with van der Waals surface area (Å²) in [6.07, 6.45) is 18.3. The number of esters is 3. The van der Waals surface area contributed by atoms with Gasteiger partial charge in [0.05, 0.1) is 28.9 Å². The van der Waals surface area contributed by atoms with E-state index in [2.05, 4.69) is 6.92 Å². The molecular weight excluding hydrogens is 672 g/mol. The molecule has 0 saturated heterocycles. The summed E-state index contributed by atoms with van der Waals surface area (Å²) < 4.78 is 22.1. The third-order valence-electron chi connectivity index (χ3n) is 8.75. The highest BCUT2D eigenvalue weighted by Crippen LogP contribution is 2.23. The van der Waals surface area contributed by atoms with Gasteiger partial charge in [-0.2, -0.15) is 0 Å². The van der Waals surface area contributed by atoms with Crippen molar-refractivity contribution in [3.63, 3.8) is 0 Å². The molecule has 0 atom stereocenters. The average Bonchev–Trinajstić information content (AvgIpc) is 3.17. The lowest BCUT2D eigenvalue weighted by Gasteiger charge is -2.09. The van der Waals surface area contributed by atoms with Crippen LogP contribution in [0.5, 0.6) is 23.0 Å². The van der Waals surface area contributed by atoms with E-state index >= 15 is 0 Å². The molecule has 0 unspecified atom stereocenters. The predicted molar refractivity (Wildman–Crippen MR) is 203 cm³/mol. The number of carboxylic acids is 1. The number of aromatic carboxylic acids is 1. The standard InChI is InChI=1S/C44H50O9/c1-2-3-4-5-6-7-8-9-10-11-12-13-14-15-31-50-37-27-23-35(24-28-37)42(47)51-38-29-25-36(26-30-38)44(49)53-40-18-16-17-39(32-40)52-43(48)34-21-19-33(20-22-34)41(45)46/h16-30,32H,2-15,31H2,1H3,(H,45,46). The van der Waals surface area contributed by atoms with Gasteiger partial charge >= 0.3 is 23.9 Å². The molecule has 1 N–H and O–H groups in total. The summed E-state index contributed by atoms with van der Waals surface area (Å²) in [7, 11) is 0. The van der Waals surface area contributed by atoms with Crippen LogP contribution in [0.4, 0.5) is 0 Å². The van der Waals surface area contributed by atoms with Gasteiger partial charge < -0.3 is 24.1 Å². The molecule has 0 aromatic heterocycles. The molecule has 0 heterocycles. The van der Waals surface area contributed by atoms with Gasteiger partial charge in [-0.3, -0.25) is 0 Å². The van der Waals surface area contributed by atoms with Gasteiger partial charge in [0, 0.05) is 6.07 Å². The summed E-state index contributed by atoms with van der Waals surface area (Å²) in [6.45, 7) is 2.90. The molecule has 4 aromatic carbocycles. The van der Waals surface area contributed by atoms with Crippen LogP contribution in [0.3, 0.4) is 0 Å². The first-order chi connectivity index (χ1) is 25.8. The second-order valence-electron chi connectivity index (χ2n) is 13.0. The number of rotatable bonds is 23. The first-order valence-corrected chi connectivity index (χ1v) is 18.8. The highest BCUT2D eigenvalue weighted by atomic mass is 16.5. The van der Waals surface area contributed by atoms with Crippen LogP contribution in [-0.2, 0) is 0 Å². The fourth-order valence-corrected chi connectivity index (χ4v) is 5.68. The molecule has 0 aliphatic rings. The second kappa shape index (κ2) is 22.5. The monoisotopic (exact) mass is 722 g/mol. The Hall–Kier alpha value is -5.44. The van der Waals surface area contributed by atoms with Crippen LogP contribution in [0.1, 0.15) is 138 Å². The normalized spacial score (nSPS) is 10.7. The largest absolute Gasteiger partial charge is 0.494 e. The number of carbonyl (C=O) groups is 4. The van der Waals surface area contributed by atoms with Crippen molar-refractivity contribution in [2.45, 2.75) is 96.8 Å². The molecule has 4 aromatic rings. The zero-order valence-electron chi connectivity index (χ0n) is 30.6. The van der Waals surface area contributed by atoms with Crippen molar-refractivity contribution >= 4 is 23.9 Å². The quantitative estimate of drug-likeness (QED) is 0.0452. The lowest BCUT2D eigenvalue weighted by Crippen LogP contribution is -2.11. The van der Waals surface area contributed by atoms with Crippen molar-refractivity contribution in [3.05, 3.63) is 119 Å². The third kappa shape index (κ3) is 14.6. The van der Waals surface area contributed by atoms with Gasteiger partial charge in [-0.15, -0.1) is 0 Å². The molecule has 280 valence electrons. The predicted octanol–water partition coefficient (Wildman–Crippen LogP) is 10.9. The molecule has 9 heteroatoms. The van der Waals surface area contributed by atoms with Crippen LogP contribution >= 0.6 is 0 Å². The molecule has 0 spiro atoms. The molecule has 0 aliphatic heterocycles. The lowest BCUT2D eigenvalue weighted by molar-refractivity contribution is 0.0688. The summed E-state index contributed by atoms with van der Waals surface area (Å²) in [5.74, 6) is -1.77. The number of carbonyl (C=O) groups excluding carboxylic acids is 3. The number of hydrogen-bond donors (Lipinski definition) is 1. The van der Waals surface area contributed by atoms with Gasteiger partial charge in [-0.25, -0.2) is 19.2 Å². The van der Waals surface area contributed by atoms with Crippen molar-refractivity contribution in [1.29, 1.82) is 0 Å². The molecule has 0 saturated carbocycles. The van der Waals surface area contributed by atoms with Gasteiger partial charge in [0.2, 0.25) is 0 Å². The van der Waals surface area contributed by atoms with Crippen LogP contribution < -0.4 is 18.9 Å². The smallest absolute Gasteiger partial charge is 0.343 e. The van der Waals surface area contributed by atoms with E-state index in [1.807, 2.05) is 0 Å². The zero-order chi connectivity index (χ0) is 37.7. The van der Waals surface area contributed by atoms with E-state index in [1.54, 1.807) is 30.3 Å². The fourth-order valence-electron chi connectivity index (χ4n) is 5.68.